The molecule has 0 spiro atoms. The van der Waals surface area contributed by atoms with E-state index in [1.807, 2.05) is 13.8 Å². The standard InChI is InChI=1S/C21H24N2O6/c1-13(2)22-20(24)12-29-16-6-4-14(10-18(16)26-3)21(25)23-15-5-7-17-19(11-15)28-9-8-27-17/h4-7,10-11,13H,8-9,12H2,1-3H3,(H,22,24)(H,23,25). The first-order valence-electron chi connectivity index (χ1n) is 9.27. The Kier molecular flexibility index (Phi) is 6.43. The largest absolute Gasteiger partial charge is 0.493 e. The predicted octanol–water partition coefficient (Wildman–Crippen LogP) is 2.62. The van der Waals surface area contributed by atoms with Crippen molar-refractivity contribution in [2.45, 2.75) is 19.9 Å². The molecule has 0 fully saturated rings. The van der Waals surface area contributed by atoms with Gasteiger partial charge >= 0.3 is 0 Å². The quantitative estimate of drug-likeness (QED) is 0.742. The summed E-state index contributed by atoms with van der Waals surface area (Å²) in [5.41, 5.74) is 0.972. The van der Waals surface area contributed by atoms with Crippen molar-refractivity contribution >= 4 is 17.5 Å². The normalized spacial score (nSPS) is 12.3. The van der Waals surface area contributed by atoms with Crippen molar-refractivity contribution < 1.29 is 28.5 Å². The van der Waals surface area contributed by atoms with E-state index in [9.17, 15) is 9.59 Å². The number of amides is 2. The fourth-order valence-corrected chi connectivity index (χ4v) is 2.76. The second-order valence-electron chi connectivity index (χ2n) is 6.69. The number of carbonyl (C=O) groups excluding carboxylic acids is 2. The first-order valence-corrected chi connectivity index (χ1v) is 9.27. The molecule has 0 bridgehead atoms. The van der Waals surface area contributed by atoms with Crippen LogP contribution in [0.5, 0.6) is 23.0 Å². The molecule has 2 N–H and O–H groups in total. The molecular formula is C21H24N2O6. The van der Waals surface area contributed by atoms with E-state index >= 15 is 0 Å². The molecule has 0 aliphatic carbocycles. The van der Waals surface area contributed by atoms with Gasteiger partial charge < -0.3 is 29.6 Å². The highest BCUT2D eigenvalue weighted by molar-refractivity contribution is 6.04. The highest BCUT2D eigenvalue weighted by Crippen LogP contribution is 2.33. The number of benzene rings is 2. The van der Waals surface area contributed by atoms with Crippen LogP contribution < -0.4 is 29.6 Å². The third kappa shape index (κ3) is 5.31. The van der Waals surface area contributed by atoms with Gasteiger partial charge in [-0.3, -0.25) is 9.59 Å². The number of carbonyl (C=O) groups is 2. The predicted molar refractivity (Wildman–Crippen MR) is 107 cm³/mol. The highest BCUT2D eigenvalue weighted by Gasteiger charge is 2.15. The van der Waals surface area contributed by atoms with Crippen LogP contribution >= 0.6 is 0 Å². The fourth-order valence-electron chi connectivity index (χ4n) is 2.76. The van der Waals surface area contributed by atoms with Crippen molar-refractivity contribution in [1.29, 1.82) is 0 Å². The molecule has 1 aliphatic heterocycles. The number of anilines is 1. The maximum Gasteiger partial charge on any atom is 0.258 e. The topological polar surface area (TPSA) is 95.1 Å². The fraction of sp³-hybridized carbons (Fsp3) is 0.333. The molecule has 0 atom stereocenters. The number of nitrogens with one attached hydrogen (secondary N) is 2. The minimum atomic E-state index is -0.316. The summed E-state index contributed by atoms with van der Waals surface area (Å²) in [4.78, 5) is 24.4. The van der Waals surface area contributed by atoms with Gasteiger partial charge in [0, 0.05) is 23.4 Å². The molecule has 2 aromatic carbocycles. The monoisotopic (exact) mass is 400 g/mol. The smallest absolute Gasteiger partial charge is 0.258 e. The Labute approximate surface area is 169 Å². The van der Waals surface area contributed by atoms with Crippen molar-refractivity contribution in [3.8, 4) is 23.0 Å². The molecule has 0 saturated carbocycles. The molecule has 0 saturated heterocycles. The highest BCUT2D eigenvalue weighted by atomic mass is 16.6. The van der Waals surface area contributed by atoms with E-state index in [4.69, 9.17) is 18.9 Å². The molecular weight excluding hydrogens is 376 g/mol. The lowest BCUT2D eigenvalue weighted by Crippen LogP contribution is -2.34. The molecule has 2 aromatic rings. The van der Waals surface area contributed by atoms with Crippen LogP contribution in [0, 0.1) is 0 Å². The third-order valence-electron chi connectivity index (χ3n) is 4.03. The third-order valence-corrected chi connectivity index (χ3v) is 4.03. The summed E-state index contributed by atoms with van der Waals surface area (Å²) in [6.07, 6.45) is 0. The Bertz CT molecular complexity index is 897. The Morgan fingerprint density at radius 2 is 1.79 bits per heavy atom. The van der Waals surface area contributed by atoms with E-state index in [0.29, 0.717) is 47.5 Å². The lowest BCUT2D eigenvalue weighted by molar-refractivity contribution is -0.123. The number of fused-ring (bicyclic) bond motifs is 1. The molecule has 154 valence electrons. The molecule has 0 unspecified atom stereocenters. The summed E-state index contributed by atoms with van der Waals surface area (Å²) >= 11 is 0. The molecule has 0 radical (unpaired) electrons. The maximum absolute atomic E-state index is 12.6. The molecule has 8 nitrogen and oxygen atoms in total. The summed E-state index contributed by atoms with van der Waals surface area (Å²) in [6.45, 7) is 4.57. The molecule has 3 rings (SSSR count). The zero-order valence-electron chi connectivity index (χ0n) is 16.6. The number of ether oxygens (including phenoxy) is 4. The summed E-state index contributed by atoms with van der Waals surface area (Å²) in [7, 11) is 1.47. The molecule has 1 heterocycles. The van der Waals surface area contributed by atoms with Crippen LogP contribution in [0.15, 0.2) is 36.4 Å². The van der Waals surface area contributed by atoms with E-state index in [-0.39, 0.29) is 24.5 Å². The summed E-state index contributed by atoms with van der Waals surface area (Å²) < 4.78 is 21.8. The zero-order valence-corrected chi connectivity index (χ0v) is 16.6. The van der Waals surface area contributed by atoms with E-state index in [1.54, 1.807) is 36.4 Å². The van der Waals surface area contributed by atoms with Gasteiger partial charge in [0.05, 0.1) is 7.11 Å². The molecule has 0 aromatic heterocycles. The first kappa shape index (κ1) is 20.3. The summed E-state index contributed by atoms with van der Waals surface area (Å²) in [6, 6.07) is 10.0. The van der Waals surface area contributed by atoms with E-state index in [2.05, 4.69) is 10.6 Å². The number of rotatable bonds is 7. The van der Waals surface area contributed by atoms with Crippen LogP contribution in [0.3, 0.4) is 0 Å². The van der Waals surface area contributed by atoms with Crippen LogP contribution in [-0.2, 0) is 4.79 Å². The van der Waals surface area contributed by atoms with Crippen LogP contribution in [0.25, 0.3) is 0 Å². The van der Waals surface area contributed by atoms with Crippen LogP contribution in [0.4, 0.5) is 5.69 Å². The summed E-state index contributed by atoms with van der Waals surface area (Å²) in [5.74, 6) is 1.43. The zero-order chi connectivity index (χ0) is 20.8. The average molecular weight is 400 g/mol. The lowest BCUT2D eigenvalue weighted by atomic mass is 10.1. The SMILES string of the molecule is COc1cc(C(=O)Nc2ccc3c(c2)OCCO3)ccc1OCC(=O)NC(C)C. The Morgan fingerprint density at radius 1 is 1.03 bits per heavy atom. The Hall–Kier alpha value is -3.42. The van der Waals surface area contributed by atoms with Crippen molar-refractivity contribution in [3.05, 3.63) is 42.0 Å². The number of hydrogen-bond acceptors (Lipinski definition) is 6. The Morgan fingerprint density at radius 3 is 2.52 bits per heavy atom. The van der Waals surface area contributed by atoms with Crippen molar-refractivity contribution in [2.24, 2.45) is 0 Å². The molecule has 29 heavy (non-hydrogen) atoms. The number of hydrogen-bond donors (Lipinski definition) is 2. The minimum Gasteiger partial charge on any atom is -0.493 e. The lowest BCUT2D eigenvalue weighted by Gasteiger charge is -2.19. The van der Waals surface area contributed by atoms with E-state index < -0.39 is 0 Å². The van der Waals surface area contributed by atoms with Gasteiger partial charge in [0.1, 0.15) is 13.2 Å². The van der Waals surface area contributed by atoms with Gasteiger partial charge in [-0.2, -0.15) is 0 Å². The van der Waals surface area contributed by atoms with Crippen LogP contribution in [0.1, 0.15) is 24.2 Å². The molecule has 8 heteroatoms. The van der Waals surface area contributed by atoms with Crippen molar-refractivity contribution in [3.63, 3.8) is 0 Å². The second kappa shape index (κ2) is 9.18. The summed E-state index contributed by atoms with van der Waals surface area (Å²) in [5, 5.41) is 5.56. The van der Waals surface area contributed by atoms with Gasteiger partial charge in [0.25, 0.3) is 11.8 Å². The van der Waals surface area contributed by atoms with Gasteiger partial charge in [-0.15, -0.1) is 0 Å². The minimum absolute atomic E-state index is 0.0274. The van der Waals surface area contributed by atoms with Gasteiger partial charge in [-0.25, -0.2) is 0 Å². The van der Waals surface area contributed by atoms with E-state index in [0.717, 1.165) is 0 Å². The van der Waals surface area contributed by atoms with E-state index in [1.165, 1.54) is 7.11 Å². The average Bonchev–Trinajstić information content (AvgIpc) is 2.71. The van der Waals surface area contributed by atoms with Crippen molar-refractivity contribution in [1.82, 2.24) is 5.32 Å². The van der Waals surface area contributed by atoms with Gasteiger partial charge in [0.15, 0.2) is 29.6 Å². The van der Waals surface area contributed by atoms with Crippen LogP contribution in [0.2, 0.25) is 0 Å². The Balaban J connectivity index is 1.67. The van der Waals surface area contributed by atoms with Gasteiger partial charge in [-0.1, -0.05) is 0 Å². The first-order chi connectivity index (χ1) is 14.0. The number of methoxy groups -OCH3 is 1. The molecule has 2 amide bonds. The maximum atomic E-state index is 12.6. The van der Waals surface area contributed by atoms with Crippen LogP contribution in [-0.4, -0.2) is 44.8 Å². The second-order valence-corrected chi connectivity index (χ2v) is 6.69. The van der Waals surface area contributed by atoms with Gasteiger partial charge in [0.2, 0.25) is 0 Å². The van der Waals surface area contributed by atoms with Gasteiger partial charge in [-0.05, 0) is 44.2 Å². The van der Waals surface area contributed by atoms with Crippen molar-refractivity contribution in [2.75, 3.05) is 32.2 Å². The molecule has 1 aliphatic rings.